The molecular weight excluding hydrogens is 154 g/mol. The van der Waals surface area contributed by atoms with Crippen LogP contribution in [0.5, 0.6) is 0 Å². The molecule has 0 bridgehead atoms. The molecule has 0 aliphatic carbocycles. The zero-order valence-corrected chi connectivity index (χ0v) is 8.22. The lowest BCUT2D eigenvalue weighted by atomic mass is 10.1. The summed E-state index contributed by atoms with van der Waals surface area (Å²) < 4.78 is 4.89. The van der Waals surface area contributed by atoms with Gasteiger partial charge in [0.05, 0.1) is 0 Å². The minimum atomic E-state index is 0.0662. The van der Waals surface area contributed by atoms with E-state index in [4.69, 9.17) is 4.74 Å². The Morgan fingerprint density at radius 1 is 1.58 bits per heavy atom. The predicted octanol–water partition coefficient (Wildman–Crippen LogP) is 1.19. The van der Waals surface area contributed by atoms with Gasteiger partial charge in [-0.25, -0.2) is 0 Å². The number of rotatable bonds is 6. The molecule has 1 unspecified atom stereocenters. The molecule has 0 spiro atoms. The molecule has 72 valence electrons. The maximum Gasteiger partial charge on any atom is 0.222 e. The van der Waals surface area contributed by atoms with Crippen molar-refractivity contribution in [2.45, 2.75) is 26.7 Å². The summed E-state index contributed by atoms with van der Waals surface area (Å²) in [4.78, 5) is 11.2. The van der Waals surface area contributed by atoms with Crippen molar-refractivity contribution in [1.82, 2.24) is 5.32 Å². The van der Waals surface area contributed by atoms with E-state index < -0.39 is 0 Å². The molecule has 0 heterocycles. The Bertz CT molecular complexity index is 126. The van der Waals surface area contributed by atoms with Gasteiger partial charge in [0.25, 0.3) is 0 Å². The lowest BCUT2D eigenvalue weighted by Crippen LogP contribution is -2.30. The molecule has 0 radical (unpaired) electrons. The molecule has 1 atom stereocenters. The van der Waals surface area contributed by atoms with Crippen LogP contribution in [0.1, 0.15) is 26.7 Å². The Morgan fingerprint density at radius 2 is 2.25 bits per heavy atom. The topological polar surface area (TPSA) is 38.3 Å². The van der Waals surface area contributed by atoms with Crippen molar-refractivity contribution < 1.29 is 9.53 Å². The molecular formula is C9H19NO2. The van der Waals surface area contributed by atoms with Gasteiger partial charge in [0.2, 0.25) is 5.91 Å². The van der Waals surface area contributed by atoms with E-state index in [1.165, 1.54) is 0 Å². The Kier molecular flexibility index (Phi) is 6.76. The number of nitrogens with one attached hydrogen (secondary N) is 1. The molecule has 0 fully saturated rings. The number of hydrogen-bond acceptors (Lipinski definition) is 2. The second-order valence-corrected chi connectivity index (χ2v) is 2.97. The first-order chi connectivity index (χ1) is 5.72. The van der Waals surface area contributed by atoms with Gasteiger partial charge in [0, 0.05) is 26.2 Å². The first-order valence-corrected chi connectivity index (χ1v) is 4.49. The van der Waals surface area contributed by atoms with E-state index in [-0.39, 0.29) is 11.8 Å². The Balaban J connectivity index is 3.47. The highest BCUT2D eigenvalue weighted by Gasteiger charge is 2.10. The molecule has 1 amide bonds. The Labute approximate surface area is 74.5 Å². The van der Waals surface area contributed by atoms with Crippen LogP contribution in [0.4, 0.5) is 0 Å². The van der Waals surface area contributed by atoms with Crippen LogP contribution < -0.4 is 5.32 Å². The third-order valence-corrected chi connectivity index (χ3v) is 1.75. The van der Waals surface area contributed by atoms with Crippen LogP contribution in [0.2, 0.25) is 0 Å². The lowest BCUT2D eigenvalue weighted by molar-refractivity contribution is -0.124. The first-order valence-electron chi connectivity index (χ1n) is 4.49. The van der Waals surface area contributed by atoms with Crippen LogP contribution in [0.15, 0.2) is 0 Å². The third-order valence-electron chi connectivity index (χ3n) is 1.75. The highest BCUT2D eigenvalue weighted by atomic mass is 16.5. The first kappa shape index (κ1) is 11.4. The van der Waals surface area contributed by atoms with Crippen molar-refractivity contribution in [3.05, 3.63) is 0 Å². The predicted molar refractivity (Wildman–Crippen MR) is 49.0 cm³/mol. The summed E-state index contributed by atoms with van der Waals surface area (Å²) in [7, 11) is 1.65. The zero-order chi connectivity index (χ0) is 9.40. The highest BCUT2D eigenvalue weighted by molar-refractivity contribution is 5.78. The molecule has 1 N–H and O–H groups in total. The number of hydrogen-bond donors (Lipinski definition) is 1. The maximum atomic E-state index is 11.2. The minimum absolute atomic E-state index is 0.0662. The van der Waals surface area contributed by atoms with Crippen LogP contribution in [0.3, 0.4) is 0 Å². The number of amides is 1. The van der Waals surface area contributed by atoms with Gasteiger partial charge in [-0.1, -0.05) is 13.8 Å². The van der Waals surface area contributed by atoms with E-state index in [2.05, 4.69) is 5.32 Å². The van der Waals surface area contributed by atoms with Gasteiger partial charge in [0.1, 0.15) is 0 Å². The van der Waals surface area contributed by atoms with E-state index in [1.54, 1.807) is 7.11 Å². The second-order valence-electron chi connectivity index (χ2n) is 2.97. The molecule has 0 aliphatic heterocycles. The smallest absolute Gasteiger partial charge is 0.222 e. The molecule has 3 heteroatoms. The Hall–Kier alpha value is -0.570. The summed E-state index contributed by atoms with van der Waals surface area (Å²) in [6, 6.07) is 0. The summed E-state index contributed by atoms with van der Waals surface area (Å²) in [6.45, 7) is 5.39. The van der Waals surface area contributed by atoms with Crippen LogP contribution in [-0.2, 0) is 9.53 Å². The van der Waals surface area contributed by atoms with Crippen LogP contribution in [0.25, 0.3) is 0 Å². The van der Waals surface area contributed by atoms with E-state index in [0.717, 1.165) is 19.4 Å². The van der Waals surface area contributed by atoms with Crippen molar-refractivity contribution in [3.63, 3.8) is 0 Å². The normalized spacial score (nSPS) is 12.6. The molecule has 12 heavy (non-hydrogen) atoms. The molecule has 0 saturated carbocycles. The van der Waals surface area contributed by atoms with Crippen molar-refractivity contribution in [1.29, 1.82) is 0 Å². The lowest BCUT2D eigenvalue weighted by Gasteiger charge is -2.10. The quantitative estimate of drug-likeness (QED) is 0.655. The third kappa shape index (κ3) is 5.13. The molecule has 0 rings (SSSR count). The van der Waals surface area contributed by atoms with E-state index in [0.29, 0.717) is 6.61 Å². The van der Waals surface area contributed by atoms with Crippen LogP contribution in [-0.4, -0.2) is 26.2 Å². The summed E-state index contributed by atoms with van der Waals surface area (Å²) in [5.41, 5.74) is 0. The summed E-state index contributed by atoms with van der Waals surface area (Å²) in [5.74, 6) is 0.199. The summed E-state index contributed by atoms with van der Waals surface area (Å²) >= 11 is 0. The average Bonchev–Trinajstić information content (AvgIpc) is 2.10. The van der Waals surface area contributed by atoms with Crippen LogP contribution in [0, 0.1) is 5.92 Å². The van der Waals surface area contributed by atoms with Gasteiger partial charge in [-0.05, 0) is 12.8 Å². The largest absolute Gasteiger partial charge is 0.385 e. The number of ether oxygens (including phenoxy) is 1. The van der Waals surface area contributed by atoms with Gasteiger partial charge in [-0.3, -0.25) is 4.79 Å². The van der Waals surface area contributed by atoms with E-state index in [1.807, 2.05) is 13.8 Å². The SMILES string of the molecule is CCCNC(=O)C(C)CCOC. The minimum Gasteiger partial charge on any atom is -0.385 e. The Morgan fingerprint density at radius 3 is 2.75 bits per heavy atom. The molecule has 0 aliphatic rings. The summed E-state index contributed by atoms with van der Waals surface area (Å²) in [6.07, 6.45) is 1.79. The number of carbonyl (C=O) groups is 1. The number of carbonyl (C=O) groups excluding carboxylic acids is 1. The fourth-order valence-electron chi connectivity index (χ4n) is 0.848. The summed E-state index contributed by atoms with van der Waals surface area (Å²) in [5, 5.41) is 2.85. The van der Waals surface area contributed by atoms with Gasteiger partial charge in [-0.2, -0.15) is 0 Å². The van der Waals surface area contributed by atoms with Gasteiger partial charge >= 0.3 is 0 Å². The highest BCUT2D eigenvalue weighted by Crippen LogP contribution is 2.01. The van der Waals surface area contributed by atoms with E-state index in [9.17, 15) is 4.79 Å². The monoisotopic (exact) mass is 173 g/mol. The second kappa shape index (κ2) is 7.10. The number of methoxy groups -OCH3 is 1. The van der Waals surface area contributed by atoms with Crippen molar-refractivity contribution >= 4 is 5.91 Å². The molecule has 0 aromatic rings. The fourth-order valence-corrected chi connectivity index (χ4v) is 0.848. The molecule has 0 aromatic heterocycles. The van der Waals surface area contributed by atoms with Gasteiger partial charge in [0.15, 0.2) is 0 Å². The molecule has 0 aromatic carbocycles. The zero-order valence-electron chi connectivity index (χ0n) is 8.22. The van der Waals surface area contributed by atoms with Gasteiger partial charge in [-0.15, -0.1) is 0 Å². The van der Waals surface area contributed by atoms with Crippen molar-refractivity contribution in [3.8, 4) is 0 Å². The van der Waals surface area contributed by atoms with Crippen LogP contribution >= 0.6 is 0 Å². The average molecular weight is 173 g/mol. The van der Waals surface area contributed by atoms with Crippen molar-refractivity contribution in [2.24, 2.45) is 5.92 Å². The fraction of sp³-hybridized carbons (Fsp3) is 0.889. The van der Waals surface area contributed by atoms with Crippen molar-refractivity contribution in [2.75, 3.05) is 20.3 Å². The molecule has 0 saturated heterocycles. The standard InChI is InChI=1S/C9H19NO2/c1-4-6-10-9(11)8(2)5-7-12-3/h8H,4-7H2,1-3H3,(H,10,11). The van der Waals surface area contributed by atoms with E-state index >= 15 is 0 Å². The van der Waals surface area contributed by atoms with Gasteiger partial charge < -0.3 is 10.1 Å². The molecule has 3 nitrogen and oxygen atoms in total. The maximum absolute atomic E-state index is 11.2.